The standard InChI is InChI=1S/C25H35F3N6O3S2/c1-5-9-10-11-22(35)23-30-32-24(38-23)31-29-19-14-16-12-13-18(8-4)34(17(6-2)7-3)21(16)15-20(19)33-39(36,37)25(26,27)28/h14-15,17-18,33H,5-13H2,1-4H3. The van der Waals surface area contributed by atoms with Gasteiger partial charge < -0.3 is 4.90 Å². The molecule has 3 rings (SSSR count). The number of benzene rings is 1. The fourth-order valence-corrected chi connectivity index (χ4v) is 5.97. The van der Waals surface area contributed by atoms with E-state index < -0.39 is 15.5 Å². The van der Waals surface area contributed by atoms with Gasteiger partial charge in [-0.15, -0.1) is 20.4 Å². The topological polar surface area (TPSA) is 117 Å². The molecule has 0 amide bonds. The Labute approximate surface area is 231 Å². The minimum absolute atomic E-state index is 0.0425. The summed E-state index contributed by atoms with van der Waals surface area (Å²) < 4.78 is 65.7. The van der Waals surface area contributed by atoms with Gasteiger partial charge in [0.15, 0.2) is 10.8 Å². The molecule has 216 valence electrons. The molecule has 2 heterocycles. The summed E-state index contributed by atoms with van der Waals surface area (Å²) in [4.78, 5) is 14.5. The first-order valence-corrected chi connectivity index (χ1v) is 15.6. The Morgan fingerprint density at radius 1 is 1.15 bits per heavy atom. The first kappa shape index (κ1) is 30.9. The summed E-state index contributed by atoms with van der Waals surface area (Å²) in [5, 5.41) is 16.0. The largest absolute Gasteiger partial charge is 0.516 e. The number of carbonyl (C=O) groups is 1. The third-order valence-corrected chi connectivity index (χ3v) is 8.82. The summed E-state index contributed by atoms with van der Waals surface area (Å²) in [6.07, 6.45) is 6.96. The molecule has 1 aromatic heterocycles. The summed E-state index contributed by atoms with van der Waals surface area (Å²) in [5.41, 5.74) is -4.38. The van der Waals surface area contributed by atoms with Crippen molar-refractivity contribution in [1.82, 2.24) is 10.2 Å². The van der Waals surface area contributed by atoms with Crippen molar-refractivity contribution >= 4 is 49.3 Å². The molecule has 9 nitrogen and oxygen atoms in total. The van der Waals surface area contributed by atoms with Gasteiger partial charge in [-0.25, -0.2) is 0 Å². The van der Waals surface area contributed by atoms with Crippen molar-refractivity contribution in [3.63, 3.8) is 0 Å². The van der Waals surface area contributed by atoms with E-state index in [-0.39, 0.29) is 39.4 Å². The molecule has 1 N–H and O–H groups in total. The van der Waals surface area contributed by atoms with Crippen LogP contribution < -0.4 is 9.62 Å². The van der Waals surface area contributed by atoms with Gasteiger partial charge in [0.1, 0.15) is 5.69 Å². The third kappa shape index (κ3) is 7.33. The highest BCUT2D eigenvalue weighted by Gasteiger charge is 2.46. The smallest absolute Gasteiger partial charge is 0.365 e. The number of Topliss-reactive ketones (excluding diaryl/α,β-unsaturated/α-hetero) is 1. The molecule has 39 heavy (non-hydrogen) atoms. The molecular weight excluding hydrogens is 553 g/mol. The van der Waals surface area contributed by atoms with Crippen LogP contribution >= 0.6 is 11.3 Å². The highest BCUT2D eigenvalue weighted by atomic mass is 32.2. The van der Waals surface area contributed by atoms with Crippen LogP contribution in [0, 0.1) is 0 Å². The second-order valence-electron chi connectivity index (χ2n) is 9.50. The second kappa shape index (κ2) is 13.2. The van der Waals surface area contributed by atoms with Crippen molar-refractivity contribution in [2.45, 2.75) is 103 Å². The van der Waals surface area contributed by atoms with Gasteiger partial charge in [0.25, 0.3) is 5.13 Å². The number of azo groups is 1. The quantitative estimate of drug-likeness (QED) is 0.146. The third-order valence-electron chi connectivity index (χ3n) is 6.88. The number of sulfonamides is 1. The number of nitrogens with one attached hydrogen (secondary N) is 1. The number of anilines is 2. The predicted molar refractivity (Wildman–Crippen MR) is 147 cm³/mol. The molecule has 0 radical (unpaired) electrons. The normalized spacial score (nSPS) is 16.2. The van der Waals surface area contributed by atoms with Crippen LogP contribution in [0.1, 0.15) is 94.4 Å². The molecule has 14 heteroatoms. The van der Waals surface area contributed by atoms with Gasteiger partial charge in [-0.05, 0) is 56.2 Å². The Morgan fingerprint density at radius 3 is 2.49 bits per heavy atom. The molecular formula is C25H35F3N6O3S2. The van der Waals surface area contributed by atoms with E-state index in [1.807, 2.05) is 6.92 Å². The maximum Gasteiger partial charge on any atom is 0.516 e. The molecule has 1 atom stereocenters. The summed E-state index contributed by atoms with van der Waals surface area (Å²) in [6, 6.07) is 3.32. The Kier molecular flexibility index (Phi) is 10.4. The number of nitrogens with zero attached hydrogens (tertiary/aromatic N) is 5. The number of aryl methyl sites for hydroxylation is 1. The number of aromatic nitrogens is 2. The zero-order chi connectivity index (χ0) is 28.8. The first-order valence-electron chi connectivity index (χ1n) is 13.3. The van der Waals surface area contributed by atoms with Crippen LogP contribution in [-0.2, 0) is 16.4 Å². The van der Waals surface area contributed by atoms with Gasteiger partial charge in [-0.2, -0.15) is 21.6 Å². The number of fused-ring (bicyclic) bond motifs is 1. The molecule has 1 unspecified atom stereocenters. The maximum atomic E-state index is 13.3. The molecule has 0 aliphatic carbocycles. The van der Waals surface area contributed by atoms with E-state index in [9.17, 15) is 26.4 Å². The Hall–Kier alpha value is -2.61. The van der Waals surface area contributed by atoms with E-state index in [4.69, 9.17) is 0 Å². The summed E-state index contributed by atoms with van der Waals surface area (Å²) in [5.74, 6) is -0.165. The lowest BCUT2D eigenvalue weighted by Crippen LogP contribution is -2.45. The predicted octanol–water partition coefficient (Wildman–Crippen LogP) is 7.70. The minimum atomic E-state index is -5.71. The van der Waals surface area contributed by atoms with Crippen LogP contribution in [0.15, 0.2) is 22.4 Å². The zero-order valence-corrected chi connectivity index (χ0v) is 24.2. The lowest BCUT2D eigenvalue weighted by Gasteiger charge is -2.44. The van der Waals surface area contributed by atoms with Crippen molar-refractivity contribution < 1.29 is 26.4 Å². The number of halogens is 3. The molecule has 0 fully saturated rings. The van der Waals surface area contributed by atoms with Crippen LogP contribution in [0.3, 0.4) is 0 Å². The van der Waals surface area contributed by atoms with Crippen LogP contribution in [0.4, 0.5) is 35.4 Å². The van der Waals surface area contributed by atoms with Crippen molar-refractivity contribution in [1.29, 1.82) is 0 Å². The van der Waals surface area contributed by atoms with Gasteiger partial charge in [-0.1, -0.05) is 51.9 Å². The summed E-state index contributed by atoms with van der Waals surface area (Å²) in [7, 11) is -5.71. The fourth-order valence-electron chi connectivity index (χ4n) is 4.77. The molecule has 1 aromatic carbocycles. The number of hydrogen-bond acceptors (Lipinski definition) is 9. The van der Waals surface area contributed by atoms with Crippen molar-refractivity contribution in [2.75, 3.05) is 9.62 Å². The number of hydrogen-bond donors (Lipinski definition) is 1. The number of rotatable bonds is 13. The van der Waals surface area contributed by atoms with Gasteiger partial charge in [0, 0.05) is 24.2 Å². The van der Waals surface area contributed by atoms with E-state index in [0.29, 0.717) is 18.5 Å². The van der Waals surface area contributed by atoms with Crippen molar-refractivity contribution in [3.8, 4) is 0 Å². The van der Waals surface area contributed by atoms with Crippen molar-refractivity contribution in [3.05, 3.63) is 22.7 Å². The molecule has 0 saturated heterocycles. The van der Waals surface area contributed by atoms with Gasteiger partial charge in [-0.3, -0.25) is 9.52 Å². The Bertz CT molecular complexity index is 1280. The van der Waals surface area contributed by atoms with Gasteiger partial charge in [0.2, 0.25) is 0 Å². The molecule has 1 aliphatic rings. The highest BCUT2D eigenvalue weighted by Crippen LogP contribution is 2.42. The number of ketones is 1. The number of alkyl halides is 3. The fraction of sp³-hybridized carbons (Fsp3) is 0.640. The number of carbonyl (C=O) groups excluding carboxylic acids is 1. The maximum absolute atomic E-state index is 13.3. The van der Waals surface area contributed by atoms with E-state index >= 15 is 0 Å². The van der Waals surface area contributed by atoms with Gasteiger partial charge >= 0.3 is 15.5 Å². The summed E-state index contributed by atoms with van der Waals surface area (Å²) in [6.45, 7) is 8.20. The van der Waals surface area contributed by atoms with E-state index in [1.165, 1.54) is 6.07 Å². The first-order chi connectivity index (χ1) is 18.4. The SMILES string of the molecule is CCCCCC(=O)c1nnc(N=Nc2cc3c(cc2NS(=O)(=O)C(F)(F)F)N(C(CC)CC)C(CC)CC3)s1. The second-order valence-corrected chi connectivity index (χ2v) is 12.1. The summed E-state index contributed by atoms with van der Waals surface area (Å²) >= 11 is 0.925. The monoisotopic (exact) mass is 588 g/mol. The average molecular weight is 589 g/mol. The lowest BCUT2D eigenvalue weighted by molar-refractivity contribution is -0.0429. The molecule has 1 aliphatic heterocycles. The highest BCUT2D eigenvalue weighted by molar-refractivity contribution is 7.93. The Morgan fingerprint density at radius 2 is 1.87 bits per heavy atom. The van der Waals surface area contributed by atoms with E-state index in [2.05, 4.69) is 46.1 Å². The van der Waals surface area contributed by atoms with Crippen LogP contribution in [0.5, 0.6) is 0 Å². The van der Waals surface area contributed by atoms with Crippen LogP contribution in [0.25, 0.3) is 0 Å². The van der Waals surface area contributed by atoms with Crippen LogP contribution in [-0.4, -0.2) is 42.0 Å². The van der Waals surface area contributed by atoms with Crippen molar-refractivity contribution in [2.24, 2.45) is 10.2 Å². The van der Waals surface area contributed by atoms with Crippen LogP contribution in [0.2, 0.25) is 0 Å². The minimum Gasteiger partial charge on any atom is -0.365 e. The molecule has 0 saturated carbocycles. The van der Waals surface area contributed by atoms with Gasteiger partial charge in [0.05, 0.1) is 5.69 Å². The Balaban J connectivity index is 2.03. The molecule has 2 aromatic rings. The molecule has 0 bridgehead atoms. The zero-order valence-electron chi connectivity index (χ0n) is 22.6. The van der Waals surface area contributed by atoms with E-state index in [1.54, 1.807) is 10.8 Å². The number of unbranched alkanes of at least 4 members (excludes halogenated alkanes) is 2. The average Bonchev–Trinajstić information content (AvgIpc) is 3.37. The molecule has 0 spiro atoms. The van der Waals surface area contributed by atoms with E-state index in [0.717, 1.165) is 61.8 Å². The lowest BCUT2D eigenvalue weighted by atomic mass is 9.90.